The summed E-state index contributed by atoms with van der Waals surface area (Å²) in [5, 5.41) is 3.58. The van der Waals surface area contributed by atoms with Gasteiger partial charge in [0.15, 0.2) is 0 Å². The van der Waals surface area contributed by atoms with Crippen molar-refractivity contribution in [2.45, 2.75) is 31.7 Å². The first-order valence-electron chi connectivity index (χ1n) is 6.79. The van der Waals surface area contributed by atoms with Crippen LogP contribution in [0.4, 0.5) is 0 Å². The molecule has 0 atom stereocenters. The molecule has 120 valence electrons. The standard InChI is InChI=1S/C14H22Cl2N2O2S/c1-10(2)7-8-18(4)21(19,20)13-6-5-12(15)11(9-17-3)14(13)16/h5-6,10,17H,7-9H2,1-4H3. The Balaban J connectivity index is 3.17. The van der Waals surface area contributed by atoms with Gasteiger partial charge in [0.05, 0.1) is 5.02 Å². The highest BCUT2D eigenvalue weighted by Gasteiger charge is 2.25. The number of benzene rings is 1. The fourth-order valence-electron chi connectivity index (χ4n) is 1.84. The fraction of sp³-hybridized carbons (Fsp3) is 0.571. The monoisotopic (exact) mass is 352 g/mol. The minimum atomic E-state index is -3.61. The SMILES string of the molecule is CNCc1c(Cl)ccc(S(=O)(=O)N(C)CCC(C)C)c1Cl. The molecule has 0 aliphatic carbocycles. The van der Waals surface area contributed by atoms with Crippen molar-refractivity contribution in [1.82, 2.24) is 9.62 Å². The summed E-state index contributed by atoms with van der Waals surface area (Å²) in [6.45, 7) is 4.98. The number of nitrogens with zero attached hydrogens (tertiary/aromatic N) is 1. The fourth-order valence-corrected chi connectivity index (χ4v) is 3.91. The Morgan fingerprint density at radius 2 is 1.90 bits per heavy atom. The Bertz CT molecular complexity index is 589. The van der Waals surface area contributed by atoms with Gasteiger partial charge in [-0.25, -0.2) is 12.7 Å². The molecule has 0 aliphatic rings. The van der Waals surface area contributed by atoms with E-state index in [2.05, 4.69) is 19.2 Å². The number of hydrogen-bond donors (Lipinski definition) is 1. The summed E-state index contributed by atoms with van der Waals surface area (Å²) in [5.74, 6) is 0.434. The lowest BCUT2D eigenvalue weighted by atomic mass is 10.1. The lowest BCUT2D eigenvalue weighted by Crippen LogP contribution is -2.29. The zero-order valence-electron chi connectivity index (χ0n) is 12.8. The lowest BCUT2D eigenvalue weighted by Gasteiger charge is -2.20. The van der Waals surface area contributed by atoms with Gasteiger partial charge in [0.25, 0.3) is 0 Å². The normalized spacial score (nSPS) is 12.4. The number of nitrogens with one attached hydrogen (secondary N) is 1. The number of sulfonamides is 1. The molecular weight excluding hydrogens is 331 g/mol. The second kappa shape index (κ2) is 7.79. The van der Waals surface area contributed by atoms with Gasteiger partial charge in [-0.1, -0.05) is 37.0 Å². The summed E-state index contributed by atoms with van der Waals surface area (Å²) in [5.41, 5.74) is 0.596. The molecule has 0 saturated heterocycles. The molecule has 0 amide bonds. The Morgan fingerprint density at radius 3 is 2.43 bits per heavy atom. The molecule has 0 bridgehead atoms. The van der Waals surface area contributed by atoms with E-state index < -0.39 is 10.0 Å². The molecule has 0 radical (unpaired) electrons. The van der Waals surface area contributed by atoms with Crippen molar-refractivity contribution in [3.05, 3.63) is 27.7 Å². The van der Waals surface area contributed by atoms with Crippen LogP contribution >= 0.6 is 23.2 Å². The maximum Gasteiger partial charge on any atom is 0.244 e. The average molecular weight is 353 g/mol. The van der Waals surface area contributed by atoms with Gasteiger partial charge in [-0.3, -0.25) is 0 Å². The van der Waals surface area contributed by atoms with Crippen LogP contribution in [0.5, 0.6) is 0 Å². The van der Waals surface area contributed by atoms with Crippen LogP contribution in [0.25, 0.3) is 0 Å². The predicted molar refractivity (Wildman–Crippen MR) is 88.5 cm³/mol. The van der Waals surface area contributed by atoms with Crippen LogP contribution in [0.1, 0.15) is 25.8 Å². The van der Waals surface area contributed by atoms with Crippen molar-refractivity contribution in [3.63, 3.8) is 0 Å². The first-order valence-corrected chi connectivity index (χ1v) is 8.99. The minimum Gasteiger partial charge on any atom is -0.316 e. The summed E-state index contributed by atoms with van der Waals surface area (Å²) >= 11 is 12.3. The van der Waals surface area contributed by atoms with Gasteiger partial charge in [0.2, 0.25) is 10.0 Å². The molecule has 0 heterocycles. The first-order chi connectivity index (χ1) is 9.71. The van der Waals surface area contributed by atoms with Gasteiger partial charge >= 0.3 is 0 Å². The maximum absolute atomic E-state index is 12.6. The van der Waals surface area contributed by atoms with Crippen LogP contribution in [0.2, 0.25) is 10.0 Å². The van der Waals surface area contributed by atoms with Crippen LogP contribution in [0.15, 0.2) is 17.0 Å². The van der Waals surface area contributed by atoms with Gasteiger partial charge in [-0.15, -0.1) is 0 Å². The lowest BCUT2D eigenvalue weighted by molar-refractivity contribution is 0.428. The molecule has 7 heteroatoms. The molecule has 0 spiro atoms. The van der Waals surface area contributed by atoms with Crippen molar-refractivity contribution in [3.8, 4) is 0 Å². The second-order valence-corrected chi connectivity index (χ2v) is 8.18. The van der Waals surface area contributed by atoms with Gasteiger partial charge in [-0.2, -0.15) is 0 Å². The van der Waals surface area contributed by atoms with Crippen molar-refractivity contribution in [1.29, 1.82) is 0 Å². The van der Waals surface area contributed by atoms with Crippen LogP contribution in [0, 0.1) is 5.92 Å². The van der Waals surface area contributed by atoms with Gasteiger partial charge in [-0.05, 0) is 31.5 Å². The minimum absolute atomic E-state index is 0.102. The molecule has 0 unspecified atom stereocenters. The van der Waals surface area contributed by atoms with E-state index in [-0.39, 0.29) is 9.92 Å². The van der Waals surface area contributed by atoms with Crippen molar-refractivity contribution >= 4 is 33.2 Å². The van der Waals surface area contributed by atoms with E-state index in [4.69, 9.17) is 23.2 Å². The van der Waals surface area contributed by atoms with Crippen LogP contribution in [-0.4, -0.2) is 33.4 Å². The second-order valence-electron chi connectivity index (χ2n) is 5.38. The maximum atomic E-state index is 12.6. The van der Waals surface area contributed by atoms with Crippen LogP contribution < -0.4 is 5.32 Å². The number of rotatable bonds is 7. The molecule has 1 N–H and O–H groups in total. The highest BCUT2D eigenvalue weighted by Crippen LogP contribution is 2.32. The van der Waals surface area contributed by atoms with Crippen molar-refractivity contribution in [2.75, 3.05) is 20.6 Å². The molecular formula is C14H22Cl2N2O2S. The van der Waals surface area contributed by atoms with Gasteiger partial charge in [0.1, 0.15) is 4.90 Å². The van der Waals surface area contributed by atoms with E-state index in [0.717, 1.165) is 6.42 Å². The summed E-state index contributed by atoms with van der Waals surface area (Å²) < 4.78 is 26.6. The third-order valence-corrected chi connectivity index (χ3v) is 6.01. The number of hydrogen-bond acceptors (Lipinski definition) is 3. The Hall–Kier alpha value is -0.330. The molecule has 4 nitrogen and oxygen atoms in total. The summed E-state index contributed by atoms with van der Waals surface area (Å²) in [6, 6.07) is 3.04. The van der Waals surface area contributed by atoms with E-state index in [9.17, 15) is 8.42 Å². The largest absolute Gasteiger partial charge is 0.316 e. The third kappa shape index (κ3) is 4.57. The van der Waals surface area contributed by atoms with E-state index in [1.54, 1.807) is 20.2 Å². The molecule has 21 heavy (non-hydrogen) atoms. The van der Waals surface area contributed by atoms with Crippen molar-refractivity contribution in [2.24, 2.45) is 5.92 Å². The molecule has 0 aromatic heterocycles. The summed E-state index contributed by atoms with van der Waals surface area (Å²) in [4.78, 5) is 0.102. The zero-order valence-corrected chi connectivity index (χ0v) is 15.1. The predicted octanol–water partition coefficient (Wildman–Crippen LogP) is 3.38. The topological polar surface area (TPSA) is 49.4 Å². The molecule has 0 saturated carbocycles. The highest BCUT2D eigenvalue weighted by molar-refractivity contribution is 7.89. The van der Waals surface area contributed by atoms with E-state index in [0.29, 0.717) is 29.6 Å². The Labute approximate surface area is 137 Å². The van der Waals surface area contributed by atoms with Gasteiger partial charge < -0.3 is 5.32 Å². The quantitative estimate of drug-likeness (QED) is 0.818. The molecule has 0 aliphatic heterocycles. The summed E-state index contributed by atoms with van der Waals surface area (Å²) in [7, 11) is -0.286. The van der Waals surface area contributed by atoms with E-state index in [1.165, 1.54) is 10.4 Å². The van der Waals surface area contributed by atoms with E-state index >= 15 is 0 Å². The molecule has 1 rings (SSSR count). The summed E-state index contributed by atoms with van der Waals surface area (Å²) in [6.07, 6.45) is 0.796. The Kier molecular flexibility index (Phi) is 6.94. The number of halogens is 2. The van der Waals surface area contributed by atoms with Crippen LogP contribution in [0.3, 0.4) is 0 Å². The average Bonchev–Trinajstić information content (AvgIpc) is 2.40. The molecule has 1 aromatic rings. The molecule has 0 fully saturated rings. The zero-order chi connectivity index (χ0) is 16.2. The third-order valence-electron chi connectivity index (χ3n) is 3.21. The van der Waals surface area contributed by atoms with Crippen LogP contribution in [-0.2, 0) is 16.6 Å². The van der Waals surface area contributed by atoms with Gasteiger partial charge in [0, 0.05) is 30.7 Å². The van der Waals surface area contributed by atoms with E-state index in [1.807, 2.05) is 0 Å². The van der Waals surface area contributed by atoms with Crippen molar-refractivity contribution < 1.29 is 8.42 Å². The smallest absolute Gasteiger partial charge is 0.244 e. The Morgan fingerprint density at radius 1 is 1.29 bits per heavy atom. The first kappa shape index (κ1) is 18.7. The molecule has 1 aromatic carbocycles. The highest BCUT2D eigenvalue weighted by atomic mass is 35.5.